The summed E-state index contributed by atoms with van der Waals surface area (Å²) in [5.41, 5.74) is 3.17. The molecule has 23 heavy (non-hydrogen) atoms. The molecule has 2 heteroatoms. The van der Waals surface area contributed by atoms with Crippen LogP contribution in [0.4, 0.5) is 0 Å². The first-order chi connectivity index (χ1) is 10.9. The lowest BCUT2D eigenvalue weighted by Gasteiger charge is -2.57. The predicted molar refractivity (Wildman–Crippen MR) is 91.9 cm³/mol. The Morgan fingerprint density at radius 3 is 2.65 bits per heavy atom. The fourth-order valence-electron chi connectivity index (χ4n) is 6.94. The molecule has 0 bridgehead atoms. The number of carbonyl (C=O) groups is 1. The highest BCUT2D eigenvalue weighted by molar-refractivity contribution is 5.91. The van der Waals surface area contributed by atoms with Gasteiger partial charge < -0.3 is 5.11 Å². The van der Waals surface area contributed by atoms with Crippen molar-refractivity contribution in [2.45, 2.75) is 71.8 Å². The normalized spacial score (nSPS) is 51.0. The number of carbonyl (C=O) groups excluding carboxylic acids is 1. The van der Waals surface area contributed by atoms with E-state index in [1.807, 2.05) is 6.08 Å². The molecule has 6 atom stereocenters. The second-order valence-electron chi connectivity index (χ2n) is 8.92. The maximum atomic E-state index is 11.9. The zero-order valence-electron chi connectivity index (χ0n) is 14.8. The minimum Gasteiger partial charge on any atom is -0.389 e. The maximum Gasteiger partial charge on any atom is 0.155 e. The zero-order valence-corrected chi connectivity index (χ0v) is 14.8. The van der Waals surface area contributed by atoms with Crippen molar-refractivity contribution in [1.82, 2.24) is 0 Å². The molecule has 0 amide bonds. The molecule has 4 rings (SSSR count). The van der Waals surface area contributed by atoms with E-state index in [2.05, 4.69) is 26.8 Å². The van der Waals surface area contributed by atoms with Gasteiger partial charge in [0.25, 0.3) is 0 Å². The molecule has 1 N–H and O–H groups in total. The van der Waals surface area contributed by atoms with Gasteiger partial charge >= 0.3 is 0 Å². The number of rotatable bonds is 0. The highest BCUT2D eigenvalue weighted by atomic mass is 16.3. The second kappa shape index (κ2) is 5.05. The van der Waals surface area contributed by atoms with Gasteiger partial charge in [0.1, 0.15) is 0 Å². The van der Waals surface area contributed by atoms with Gasteiger partial charge in [0, 0.05) is 6.42 Å². The Balaban J connectivity index is 1.71. The molecule has 4 aliphatic rings. The number of ketones is 1. The Morgan fingerprint density at radius 2 is 1.91 bits per heavy atom. The Morgan fingerprint density at radius 1 is 1.13 bits per heavy atom. The fourth-order valence-corrected chi connectivity index (χ4v) is 6.94. The summed E-state index contributed by atoms with van der Waals surface area (Å²) in [4.78, 5) is 11.9. The van der Waals surface area contributed by atoms with Crippen molar-refractivity contribution in [3.8, 4) is 0 Å². The van der Waals surface area contributed by atoms with Crippen LogP contribution in [0.3, 0.4) is 0 Å². The van der Waals surface area contributed by atoms with Gasteiger partial charge in [-0.15, -0.1) is 0 Å². The highest BCUT2D eigenvalue weighted by Crippen LogP contribution is 2.66. The van der Waals surface area contributed by atoms with E-state index in [-0.39, 0.29) is 16.9 Å². The van der Waals surface area contributed by atoms with Crippen molar-refractivity contribution in [2.24, 2.45) is 28.6 Å². The molecule has 0 aliphatic heterocycles. The van der Waals surface area contributed by atoms with Crippen molar-refractivity contribution < 1.29 is 9.90 Å². The number of hydrogen-bond acceptors (Lipinski definition) is 2. The van der Waals surface area contributed by atoms with E-state index in [1.165, 1.54) is 30.4 Å². The standard InChI is InChI=1S/C21H30O2/c1-4-16-19(23)12-18-15-6-5-13-11-14(22)7-9-20(13,2)17(15)8-10-21(16,18)3/h4,11,15,17-19,23H,5-10,12H2,1-3H3/b16-4+/t15?,17?,18?,19-,20+,21-/m1/s1. The third kappa shape index (κ3) is 2.00. The average Bonchev–Trinajstić information content (AvgIpc) is 2.77. The third-order valence-corrected chi connectivity index (χ3v) is 8.16. The predicted octanol–water partition coefficient (Wildman–Crippen LogP) is 4.44. The van der Waals surface area contributed by atoms with Gasteiger partial charge in [-0.3, -0.25) is 4.79 Å². The molecule has 0 aromatic heterocycles. The molecule has 0 spiro atoms. The van der Waals surface area contributed by atoms with Crippen molar-refractivity contribution in [2.75, 3.05) is 0 Å². The number of hydrogen-bond donors (Lipinski definition) is 1. The van der Waals surface area contributed by atoms with Crippen molar-refractivity contribution in [3.63, 3.8) is 0 Å². The highest BCUT2D eigenvalue weighted by Gasteiger charge is 2.59. The van der Waals surface area contributed by atoms with Crippen LogP contribution in [0.25, 0.3) is 0 Å². The van der Waals surface area contributed by atoms with Crippen LogP contribution in [-0.4, -0.2) is 17.0 Å². The first-order valence-corrected chi connectivity index (χ1v) is 9.49. The summed E-state index contributed by atoms with van der Waals surface area (Å²) in [5, 5.41) is 10.6. The van der Waals surface area contributed by atoms with E-state index in [9.17, 15) is 9.90 Å². The summed E-state index contributed by atoms with van der Waals surface area (Å²) < 4.78 is 0. The van der Waals surface area contributed by atoms with E-state index in [0.29, 0.717) is 17.6 Å². The maximum absolute atomic E-state index is 11.9. The van der Waals surface area contributed by atoms with Gasteiger partial charge in [0.05, 0.1) is 6.10 Å². The van der Waals surface area contributed by atoms with E-state index >= 15 is 0 Å². The van der Waals surface area contributed by atoms with Crippen LogP contribution < -0.4 is 0 Å². The van der Waals surface area contributed by atoms with Gasteiger partial charge in [-0.2, -0.15) is 0 Å². The van der Waals surface area contributed by atoms with E-state index < -0.39 is 0 Å². The molecule has 3 fully saturated rings. The summed E-state index contributed by atoms with van der Waals surface area (Å²) in [6.45, 7) is 6.91. The van der Waals surface area contributed by atoms with Crippen LogP contribution >= 0.6 is 0 Å². The molecule has 0 aromatic rings. The van der Waals surface area contributed by atoms with Gasteiger partial charge in [-0.25, -0.2) is 0 Å². The van der Waals surface area contributed by atoms with Crippen LogP contribution in [0, 0.1) is 28.6 Å². The molecule has 0 saturated heterocycles. The Hall–Kier alpha value is -0.890. The number of aliphatic hydroxyl groups excluding tert-OH is 1. The molecule has 3 unspecified atom stereocenters. The summed E-state index contributed by atoms with van der Waals surface area (Å²) in [7, 11) is 0. The number of allylic oxidation sites excluding steroid dienone is 2. The molecule has 0 heterocycles. The molecule has 0 aromatic carbocycles. The second-order valence-corrected chi connectivity index (χ2v) is 8.92. The largest absolute Gasteiger partial charge is 0.389 e. The summed E-state index contributed by atoms with van der Waals surface area (Å²) >= 11 is 0. The zero-order chi connectivity index (χ0) is 16.4. The summed E-state index contributed by atoms with van der Waals surface area (Å²) in [6.07, 6.45) is 11.4. The lowest BCUT2D eigenvalue weighted by Crippen LogP contribution is -2.49. The van der Waals surface area contributed by atoms with E-state index in [0.717, 1.165) is 31.6 Å². The van der Waals surface area contributed by atoms with Gasteiger partial charge in [-0.05, 0) is 85.7 Å². The molecular weight excluding hydrogens is 284 g/mol. The molecule has 126 valence electrons. The van der Waals surface area contributed by atoms with Crippen molar-refractivity contribution in [3.05, 3.63) is 23.3 Å². The number of fused-ring (bicyclic) bond motifs is 5. The molecule has 0 radical (unpaired) electrons. The minimum absolute atomic E-state index is 0.206. The fraction of sp³-hybridized carbons (Fsp3) is 0.762. The van der Waals surface area contributed by atoms with E-state index in [1.54, 1.807) is 0 Å². The summed E-state index contributed by atoms with van der Waals surface area (Å²) in [6, 6.07) is 0. The van der Waals surface area contributed by atoms with Crippen molar-refractivity contribution in [1.29, 1.82) is 0 Å². The lowest BCUT2D eigenvalue weighted by molar-refractivity contribution is -0.117. The van der Waals surface area contributed by atoms with Gasteiger partial charge in [0.15, 0.2) is 5.78 Å². The van der Waals surface area contributed by atoms with Gasteiger partial charge in [0.2, 0.25) is 0 Å². The average molecular weight is 314 g/mol. The topological polar surface area (TPSA) is 37.3 Å². The minimum atomic E-state index is -0.230. The van der Waals surface area contributed by atoms with Crippen LogP contribution in [0.5, 0.6) is 0 Å². The Bertz CT molecular complexity index is 601. The molecule has 4 aliphatic carbocycles. The smallest absolute Gasteiger partial charge is 0.155 e. The first kappa shape index (κ1) is 15.6. The molecule has 3 saturated carbocycles. The lowest BCUT2D eigenvalue weighted by atomic mass is 9.47. The molecular formula is C21H30O2. The Kier molecular flexibility index (Phi) is 3.43. The van der Waals surface area contributed by atoms with Crippen LogP contribution in [0.2, 0.25) is 0 Å². The van der Waals surface area contributed by atoms with Crippen LogP contribution in [0.15, 0.2) is 23.3 Å². The molecule has 2 nitrogen and oxygen atoms in total. The summed E-state index contributed by atoms with van der Waals surface area (Å²) in [5.74, 6) is 2.39. The van der Waals surface area contributed by atoms with Crippen LogP contribution in [-0.2, 0) is 4.79 Å². The van der Waals surface area contributed by atoms with E-state index in [4.69, 9.17) is 0 Å². The monoisotopic (exact) mass is 314 g/mol. The number of aliphatic hydroxyl groups is 1. The van der Waals surface area contributed by atoms with Gasteiger partial charge in [-0.1, -0.05) is 25.5 Å². The van der Waals surface area contributed by atoms with Crippen molar-refractivity contribution >= 4 is 5.78 Å². The van der Waals surface area contributed by atoms with Crippen LogP contribution in [0.1, 0.15) is 65.7 Å². The quantitative estimate of drug-likeness (QED) is 0.671. The first-order valence-electron chi connectivity index (χ1n) is 9.49. The third-order valence-electron chi connectivity index (χ3n) is 8.16. The SMILES string of the molecule is C/C=C1\[C@H](O)CC2C3CCC4=CC(=O)CC[C@]4(C)C3CC[C@]12C. The Labute approximate surface area is 140 Å².